The summed E-state index contributed by atoms with van der Waals surface area (Å²) in [4.78, 5) is 0. The number of nitrogens with one attached hydrogen (secondary N) is 2. The lowest BCUT2D eigenvalue weighted by atomic mass is 9.86. The molecule has 3 N–H and O–H groups in total. The van der Waals surface area contributed by atoms with Gasteiger partial charge in [0.1, 0.15) is 0 Å². The quantitative estimate of drug-likeness (QED) is 0.723. The molecule has 0 saturated heterocycles. The van der Waals surface area contributed by atoms with Crippen molar-refractivity contribution in [3.8, 4) is 0 Å². The molecule has 3 aliphatic carbocycles. The zero-order chi connectivity index (χ0) is 18.8. The number of hydrogen-bond donors (Lipinski definition) is 3. The van der Waals surface area contributed by atoms with E-state index < -0.39 is 15.6 Å². The minimum Gasteiger partial charge on any atom is -0.385 e. The summed E-state index contributed by atoms with van der Waals surface area (Å²) >= 11 is 6.22. The zero-order valence-corrected chi connectivity index (χ0v) is 16.6. The Balaban J connectivity index is 1.32. The normalized spacial score (nSPS) is 34.1. The first-order valence-electron chi connectivity index (χ1n) is 9.74. The van der Waals surface area contributed by atoms with E-state index in [0.717, 1.165) is 48.6 Å². The van der Waals surface area contributed by atoms with Crippen LogP contribution in [-0.2, 0) is 15.6 Å². The molecule has 3 saturated carbocycles. The van der Waals surface area contributed by atoms with E-state index in [4.69, 9.17) is 11.6 Å². The number of aromatic nitrogens is 2. The molecule has 1 heterocycles. The first kappa shape index (κ1) is 17.9. The molecule has 1 aromatic heterocycles. The van der Waals surface area contributed by atoms with Gasteiger partial charge < -0.3 is 5.11 Å². The van der Waals surface area contributed by atoms with E-state index in [9.17, 15) is 13.5 Å². The fourth-order valence-corrected chi connectivity index (χ4v) is 7.42. The molecule has 27 heavy (non-hydrogen) atoms. The van der Waals surface area contributed by atoms with Crippen LogP contribution in [0.25, 0.3) is 10.9 Å². The van der Waals surface area contributed by atoms with Crippen molar-refractivity contribution in [3.05, 3.63) is 28.9 Å². The average Bonchev–Trinajstić information content (AvgIpc) is 3.02. The predicted molar refractivity (Wildman–Crippen MR) is 104 cm³/mol. The van der Waals surface area contributed by atoms with E-state index >= 15 is 0 Å². The third kappa shape index (κ3) is 2.99. The van der Waals surface area contributed by atoms with Crippen LogP contribution in [0.2, 0.25) is 5.02 Å². The molecule has 0 unspecified atom stereocenters. The lowest BCUT2D eigenvalue weighted by Gasteiger charge is -2.28. The van der Waals surface area contributed by atoms with Crippen LogP contribution in [0.4, 0.5) is 0 Å². The molecule has 3 fully saturated rings. The van der Waals surface area contributed by atoms with Crippen LogP contribution in [0, 0.1) is 11.8 Å². The molecule has 2 aromatic rings. The standard InChI is InChI=1S/C19H24ClN3O3S/c20-11-6-16(15-10-21-22-17(15)7-11)19(24)8-13-14(9-19)18(13)23-27(25,26)12-4-2-1-3-5-12/h6-7,10,12-14,18,23-24H,1-5,8-9H2,(H,21,22)/t13-,14+,18-,19+. The third-order valence-electron chi connectivity index (χ3n) is 6.79. The molecule has 6 nitrogen and oxygen atoms in total. The fraction of sp³-hybridized carbons (Fsp3) is 0.632. The van der Waals surface area contributed by atoms with E-state index in [-0.39, 0.29) is 23.1 Å². The first-order chi connectivity index (χ1) is 12.9. The molecule has 0 amide bonds. The summed E-state index contributed by atoms with van der Waals surface area (Å²) < 4.78 is 28.3. The van der Waals surface area contributed by atoms with Crippen molar-refractivity contribution in [3.63, 3.8) is 0 Å². The molecule has 8 heteroatoms. The number of halogens is 1. The second kappa shape index (κ2) is 6.17. The number of rotatable bonds is 4. The molecule has 0 bridgehead atoms. The lowest BCUT2D eigenvalue weighted by molar-refractivity contribution is 0.0303. The van der Waals surface area contributed by atoms with Gasteiger partial charge in [0.2, 0.25) is 10.0 Å². The van der Waals surface area contributed by atoms with Crippen molar-refractivity contribution in [2.45, 2.75) is 61.8 Å². The van der Waals surface area contributed by atoms with Crippen molar-refractivity contribution in [2.24, 2.45) is 11.8 Å². The summed E-state index contributed by atoms with van der Waals surface area (Å²) in [5.74, 6) is 0.378. The highest BCUT2D eigenvalue weighted by atomic mass is 35.5. The highest BCUT2D eigenvalue weighted by Crippen LogP contribution is 2.60. The Hall–Kier alpha value is -1.15. The van der Waals surface area contributed by atoms with Gasteiger partial charge in [0.25, 0.3) is 0 Å². The Morgan fingerprint density at radius 3 is 2.59 bits per heavy atom. The van der Waals surface area contributed by atoms with Crippen LogP contribution < -0.4 is 4.72 Å². The summed E-state index contributed by atoms with van der Waals surface area (Å²) in [5, 5.41) is 19.5. The van der Waals surface area contributed by atoms with Gasteiger partial charge in [-0.15, -0.1) is 0 Å². The summed E-state index contributed by atoms with van der Waals surface area (Å²) in [6.07, 6.45) is 7.48. The molecular weight excluding hydrogens is 386 g/mol. The molecule has 0 aliphatic heterocycles. The number of aromatic amines is 1. The maximum Gasteiger partial charge on any atom is 0.214 e. The molecular formula is C19H24ClN3O3S. The van der Waals surface area contributed by atoms with Crippen LogP contribution in [0.1, 0.15) is 50.5 Å². The van der Waals surface area contributed by atoms with Gasteiger partial charge in [-0.3, -0.25) is 5.10 Å². The number of hydrogen-bond acceptors (Lipinski definition) is 4. The number of nitrogens with zero attached hydrogens (tertiary/aromatic N) is 1. The monoisotopic (exact) mass is 409 g/mol. The minimum absolute atomic E-state index is 0.0313. The van der Waals surface area contributed by atoms with Crippen LogP contribution in [-0.4, -0.2) is 35.0 Å². The molecule has 0 spiro atoms. The number of H-pyrrole nitrogens is 1. The predicted octanol–water partition coefficient (Wildman–Crippen LogP) is 3.06. The minimum atomic E-state index is -3.26. The Morgan fingerprint density at radius 2 is 1.89 bits per heavy atom. The van der Waals surface area contributed by atoms with E-state index in [1.165, 1.54) is 0 Å². The summed E-state index contributed by atoms with van der Waals surface area (Å²) in [7, 11) is -3.26. The Kier molecular flexibility index (Phi) is 4.10. The van der Waals surface area contributed by atoms with E-state index in [0.29, 0.717) is 17.9 Å². The van der Waals surface area contributed by atoms with Crippen LogP contribution in [0.5, 0.6) is 0 Å². The summed E-state index contributed by atoms with van der Waals surface area (Å²) in [6, 6.07) is 3.58. The second-order valence-electron chi connectivity index (χ2n) is 8.50. The van der Waals surface area contributed by atoms with Gasteiger partial charge >= 0.3 is 0 Å². The number of sulfonamides is 1. The smallest absolute Gasteiger partial charge is 0.214 e. The molecule has 3 aliphatic rings. The van der Waals surface area contributed by atoms with Gasteiger partial charge in [-0.1, -0.05) is 30.9 Å². The Labute approximate surface area is 163 Å². The molecule has 1 aromatic carbocycles. The van der Waals surface area contributed by atoms with Crippen molar-refractivity contribution in [2.75, 3.05) is 0 Å². The van der Waals surface area contributed by atoms with Gasteiger partial charge in [-0.25, -0.2) is 13.1 Å². The fourth-order valence-electron chi connectivity index (χ4n) is 5.32. The second-order valence-corrected chi connectivity index (χ2v) is 10.9. The van der Waals surface area contributed by atoms with Gasteiger partial charge in [0.15, 0.2) is 0 Å². The van der Waals surface area contributed by atoms with Crippen molar-refractivity contribution in [1.29, 1.82) is 0 Å². The van der Waals surface area contributed by atoms with Crippen LogP contribution in [0.15, 0.2) is 18.3 Å². The molecule has 5 rings (SSSR count). The van der Waals surface area contributed by atoms with Gasteiger partial charge in [-0.05, 0) is 55.2 Å². The highest BCUT2D eigenvalue weighted by Gasteiger charge is 2.63. The van der Waals surface area contributed by atoms with Crippen molar-refractivity contribution >= 4 is 32.5 Å². The molecule has 0 radical (unpaired) electrons. The van der Waals surface area contributed by atoms with E-state index in [1.807, 2.05) is 6.07 Å². The SMILES string of the molecule is O=S(=O)(N[C@@H]1[C@@H]2C[C@@](O)(c3cc(Cl)cc4[nH]ncc34)C[C@@H]21)C1CCCCC1. The summed E-state index contributed by atoms with van der Waals surface area (Å²) in [5.41, 5.74) is 0.621. The van der Waals surface area contributed by atoms with E-state index in [1.54, 1.807) is 12.3 Å². The van der Waals surface area contributed by atoms with E-state index in [2.05, 4.69) is 14.9 Å². The number of benzene rings is 1. The van der Waals surface area contributed by atoms with Crippen LogP contribution >= 0.6 is 11.6 Å². The van der Waals surface area contributed by atoms with Crippen LogP contribution in [0.3, 0.4) is 0 Å². The largest absolute Gasteiger partial charge is 0.385 e. The van der Waals surface area contributed by atoms with Crippen molar-refractivity contribution < 1.29 is 13.5 Å². The number of fused-ring (bicyclic) bond motifs is 2. The summed E-state index contributed by atoms with van der Waals surface area (Å²) in [6.45, 7) is 0. The lowest BCUT2D eigenvalue weighted by Crippen LogP contribution is -2.39. The average molecular weight is 410 g/mol. The third-order valence-corrected chi connectivity index (χ3v) is 8.96. The van der Waals surface area contributed by atoms with Gasteiger partial charge in [0, 0.05) is 16.5 Å². The molecule has 4 atom stereocenters. The first-order valence-corrected chi connectivity index (χ1v) is 11.7. The number of aliphatic hydroxyl groups is 1. The maximum atomic E-state index is 12.7. The molecule has 146 valence electrons. The van der Waals surface area contributed by atoms with Gasteiger partial charge in [0.05, 0.1) is 22.6 Å². The topological polar surface area (TPSA) is 95.1 Å². The zero-order valence-electron chi connectivity index (χ0n) is 15.0. The maximum absolute atomic E-state index is 12.7. The highest BCUT2D eigenvalue weighted by molar-refractivity contribution is 7.90. The Morgan fingerprint density at radius 1 is 1.19 bits per heavy atom. The van der Waals surface area contributed by atoms with Crippen molar-refractivity contribution in [1.82, 2.24) is 14.9 Å². The van der Waals surface area contributed by atoms with Gasteiger partial charge in [-0.2, -0.15) is 5.10 Å². The Bertz CT molecular complexity index is 971.